The van der Waals surface area contributed by atoms with Gasteiger partial charge in [0.05, 0.1) is 12.1 Å². The molecule has 2 unspecified atom stereocenters. The zero-order chi connectivity index (χ0) is 19.3. The standard InChI is InChI=1S/C23H24N4O/c1-15-3-7-17(8-4-15)20-13-21(18-9-5-16(2)6-10-18)27-23(24-14-25-27)26(20)22(28)19-11-12-19/h3-10,14,19-21H,11-13H2,1-2H3. The van der Waals surface area contributed by atoms with Crippen molar-refractivity contribution in [1.82, 2.24) is 14.8 Å². The van der Waals surface area contributed by atoms with Crippen molar-refractivity contribution < 1.29 is 4.79 Å². The molecule has 0 N–H and O–H groups in total. The topological polar surface area (TPSA) is 51.0 Å². The number of rotatable bonds is 3. The summed E-state index contributed by atoms with van der Waals surface area (Å²) in [5.74, 6) is 0.982. The van der Waals surface area contributed by atoms with E-state index in [-0.39, 0.29) is 23.9 Å². The summed E-state index contributed by atoms with van der Waals surface area (Å²) in [7, 11) is 0. The molecule has 0 spiro atoms. The first-order valence-electron chi connectivity index (χ1n) is 9.97. The van der Waals surface area contributed by atoms with Gasteiger partial charge in [0.1, 0.15) is 6.33 Å². The first-order chi connectivity index (χ1) is 13.6. The lowest BCUT2D eigenvalue weighted by atomic mass is 9.91. The number of aryl methyl sites for hydroxylation is 2. The summed E-state index contributed by atoms with van der Waals surface area (Å²) in [6.45, 7) is 4.18. The van der Waals surface area contributed by atoms with Crippen molar-refractivity contribution in [2.24, 2.45) is 5.92 Å². The number of anilines is 1. The molecule has 2 heterocycles. The molecule has 2 atom stereocenters. The number of carbonyl (C=O) groups is 1. The number of carbonyl (C=O) groups excluding carboxylic acids is 1. The lowest BCUT2D eigenvalue weighted by molar-refractivity contribution is -0.120. The van der Waals surface area contributed by atoms with Gasteiger partial charge in [0.25, 0.3) is 0 Å². The van der Waals surface area contributed by atoms with E-state index in [0.29, 0.717) is 5.95 Å². The molecule has 5 rings (SSSR count). The molecule has 2 aromatic carbocycles. The molecule has 5 nitrogen and oxygen atoms in total. The third-order valence-corrected chi connectivity index (χ3v) is 5.91. The molecule has 142 valence electrons. The van der Waals surface area contributed by atoms with E-state index in [1.54, 1.807) is 6.33 Å². The third kappa shape index (κ3) is 2.91. The molecule has 1 aliphatic carbocycles. The average Bonchev–Trinajstić information content (AvgIpc) is 3.44. The summed E-state index contributed by atoms with van der Waals surface area (Å²) in [5.41, 5.74) is 4.82. The zero-order valence-corrected chi connectivity index (χ0v) is 16.2. The average molecular weight is 372 g/mol. The Morgan fingerprint density at radius 2 is 1.46 bits per heavy atom. The Morgan fingerprint density at radius 3 is 2.04 bits per heavy atom. The van der Waals surface area contributed by atoms with Crippen molar-refractivity contribution in [3.05, 3.63) is 77.1 Å². The molecule has 1 aliphatic heterocycles. The van der Waals surface area contributed by atoms with Gasteiger partial charge >= 0.3 is 0 Å². The highest BCUT2D eigenvalue weighted by molar-refractivity contribution is 5.96. The van der Waals surface area contributed by atoms with Gasteiger partial charge in [-0.05, 0) is 44.2 Å². The van der Waals surface area contributed by atoms with Crippen molar-refractivity contribution in [2.75, 3.05) is 4.90 Å². The number of benzene rings is 2. The molecule has 1 saturated carbocycles. The first-order valence-corrected chi connectivity index (χ1v) is 9.97. The Labute approximate surface area is 165 Å². The SMILES string of the molecule is Cc1ccc(C2CC(c3ccc(C)cc3)n3ncnc3N2C(=O)C2CC2)cc1. The maximum absolute atomic E-state index is 13.2. The van der Waals surface area contributed by atoms with Gasteiger partial charge in [0.2, 0.25) is 11.9 Å². The van der Waals surface area contributed by atoms with E-state index in [1.807, 2.05) is 9.58 Å². The van der Waals surface area contributed by atoms with E-state index in [9.17, 15) is 4.79 Å². The van der Waals surface area contributed by atoms with Crippen LogP contribution in [0.2, 0.25) is 0 Å². The smallest absolute Gasteiger partial charge is 0.233 e. The number of nitrogens with zero attached hydrogens (tertiary/aromatic N) is 4. The van der Waals surface area contributed by atoms with Crippen molar-refractivity contribution in [2.45, 2.75) is 45.2 Å². The maximum atomic E-state index is 13.2. The fourth-order valence-electron chi connectivity index (χ4n) is 4.11. The largest absolute Gasteiger partial charge is 0.274 e. The Balaban J connectivity index is 1.62. The normalized spacial score (nSPS) is 21.4. The van der Waals surface area contributed by atoms with Crippen LogP contribution < -0.4 is 4.90 Å². The molecular weight excluding hydrogens is 348 g/mol. The minimum atomic E-state index is -0.0308. The second-order valence-electron chi connectivity index (χ2n) is 8.08. The van der Waals surface area contributed by atoms with Gasteiger partial charge < -0.3 is 0 Å². The lowest BCUT2D eigenvalue weighted by Crippen LogP contribution is -2.43. The third-order valence-electron chi connectivity index (χ3n) is 5.91. The summed E-state index contributed by atoms with van der Waals surface area (Å²) in [6.07, 6.45) is 4.32. The van der Waals surface area contributed by atoms with Crippen LogP contribution >= 0.6 is 0 Å². The minimum Gasteiger partial charge on any atom is -0.274 e. The highest BCUT2D eigenvalue weighted by Crippen LogP contribution is 2.44. The van der Waals surface area contributed by atoms with E-state index in [1.165, 1.54) is 16.7 Å². The molecule has 0 saturated heterocycles. The number of hydrogen-bond donors (Lipinski definition) is 0. The van der Waals surface area contributed by atoms with Crippen LogP contribution in [0, 0.1) is 19.8 Å². The molecule has 5 heteroatoms. The second kappa shape index (κ2) is 6.59. The van der Waals surface area contributed by atoms with Crippen molar-refractivity contribution in [3.63, 3.8) is 0 Å². The highest BCUT2D eigenvalue weighted by atomic mass is 16.2. The lowest BCUT2D eigenvalue weighted by Gasteiger charge is -2.39. The summed E-state index contributed by atoms with van der Waals surface area (Å²) < 4.78 is 1.93. The molecule has 1 fully saturated rings. The van der Waals surface area contributed by atoms with Crippen LogP contribution in [0.4, 0.5) is 5.95 Å². The Kier molecular flexibility index (Phi) is 4.04. The van der Waals surface area contributed by atoms with Gasteiger partial charge in [-0.25, -0.2) is 4.68 Å². The predicted molar refractivity (Wildman–Crippen MR) is 108 cm³/mol. The number of amides is 1. The van der Waals surface area contributed by atoms with Crippen LogP contribution in [-0.4, -0.2) is 20.7 Å². The Hall–Kier alpha value is -2.95. The first kappa shape index (κ1) is 17.2. The van der Waals surface area contributed by atoms with E-state index in [2.05, 4.69) is 72.5 Å². The van der Waals surface area contributed by atoms with Gasteiger partial charge in [0, 0.05) is 5.92 Å². The molecule has 0 radical (unpaired) electrons. The number of fused-ring (bicyclic) bond motifs is 1. The van der Waals surface area contributed by atoms with Crippen LogP contribution in [0.3, 0.4) is 0 Å². The molecule has 2 aliphatic rings. The summed E-state index contributed by atoms with van der Waals surface area (Å²) in [6, 6.07) is 17.2. The van der Waals surface area contributed by atoms with E-state index in [0.717, 1.165) is 24.8 Å². The maximum Gasteiger partial charge on any atom is 0.233 e. The highest BCUT2D eigenvalue weighted by Gasteiger charge is 2.44. The van der Waals surface area contributed by atoms with Crippen LogP contribution in [-0.2, 0) is 4.79 Å². The van der Waals surface area contributed by atoms with E-state index >= 15 is 0 Å². The van der Waals surface area contributed by atoms with Gasteiger partial charge in [-0.15, -0.1) is 0 Å². The second-order valence-corrected chi connectivity index (χ2v) is 8.08. The van der Waals surface area contributed by atoms with Gasteiger partial charge in [-0.1, -0.05) is 59.7 Å². The van der Waals surface area contributed by atoms with E-state index in [4.69, 9.17) is 0 Å². The zero-order valence-electron chi connectivity index (χ0n) is 16.2. The molecule has 3 aromatic rings. The van der Waals surface area contributed by atoms with Crippen molar-refractivity contribution >= 4 is 11.9 Å². The number of hydrogen-bond acceptors (Lipinski definition) is 3. The predicted octanol–water partition coefficient (Wildman–Crippen LogP) is 4.37. The fourth-order valence-corrected chi connectivity index (χ4v) is 4.11. The van der Waals surface area contributed by atoms with Crippen molar-refractivity contribution in [1.29, 1.82) is 0 Å². The molecule has 28 heavy (non-hydrogen) atoms. The summed E-state index contributed by atoms with van der Waals surface area (Å²) in [5, 5.41) is 4.50. The van der Waals surface area contributed by atoms with E-state index < -0.39 is 0 Å². The minimum absolute atomic E-state index is 0.0308. The van der Waals surface area contributed by atoms with Gasteiger partial charge in [-0.3, -0.25) is 9.69 Å². The summed E-state index contributed by atoms with van der Waals surface area (Å²) in [4.78, 5) is 19.6. The Morgan fingerprint density at radius 1 is 0.893 bits per heavy atom. The fraction of sp³-hybridized carbons (Fsp3) is 0.348. The van der Waals surface area contributed by atoms with Crippen LogP contribution in [0.5, 0.6) is 0 Å². The van der Waals surface area contributed by atoms with Crippen LogP contribution in [0.1, 0.15) is 53.6 Å². The molecule has 1 amide bonds. The number of aromatic nitrogens is 3. The summed E-state index contributed by atoms with van der Waals surface area (Å²) >= 11 is 0. The Bertz CT molecular complexity index is 1000. The molecule has 1 aromatic heterocycles. The monoisotopic (exact) mass is 372 g/mol. The quantitative estimate of drug-likeness (QED) is 0.686. The van der Waals surface area contributed by atoms with Gasteiger partial charge in [-0.2, -0.15) is 10.1 Å². The molecular formula is C23H24N4O. The molecule has 0 bridgehead atoms. The van der Waals surface area contributed by atoms with Crippen LogP contribution in [0.15, 0.2) is 54.9 Å². The van der Waals surface area contributed by atoms with Crippen LogP contribution in [0.25, 0.3) is 0 Å². The van der Waals surface area contributed by atoms with Crippen molar-refractivity contribution in [3.8, 4) is 0 Å². The van der Waals surface area contributed by atoms with Gasteiger partial charge in [0.15, 0.2) is 0 Å².